The Morgan fingerprint density at radius 3 is 2.30 bits per heavy atom. The fourth-order valence-corrected chi connectivity index (χ4v) is 1.74. The number of hydrogen-bond acceptors (Lipinski definition) is 3. The highest BCUT2D eigenvalue weighted by Gasteiger charge is 2.21. The highest BCUT2D eigenvalue weighted by molar-refractivity contribution is 6.11. The Balaban J connectivity index is 2.57. The van der Waals surface area contributed by atoms with Gasteiger partial charge in [-0.3, -0.25) is 4.79 Å². The fourth-order valence-electron chi connectivity index (χ4n) is 1.74. The quantitative estimate of drug-likeness (QED) is 0.534. The van der Waals surface area contributed by atoms with Crippen LogP contribution in [0.25, 0.3) is 0 Å². The number of rotatable bonds is 3. The summed E-state index contributed by atoms with van der Waals surface area (Å²) < 4.78 is 44.6. The minimum Gasteiger partial charge on any atom is -0.496 e. The molecule has 0 aliphatic carbocycles. The molecule has 3 nitrogen and oxygen atoms in total. The first-order valence-electron chi connectivity index (χ1n) is 5.56. The topological polar surface area (TPSA) is 52.3 Å². The second kappa shape index (κ2) is 5.24. The van der Waals surface area contributed by atoms with Crippen molar-refractivity contribution in [3.8, 4) is 5.75 Å². The molecule has 0 bridgehead atoms. The minimum absolute atomic E-state index is 0.0302. The van der Waals surface area contributed by atoms with Crippen LogP contribution in [0, 0.1) is 17.5 Å². The molecule has 2 aromatic carbocycles. The number of halogens is 3. The van der Waals surface area contributed by atoms with Crippen molar-refractivity contribution in [3.05, 3.63) is 58.9 Å². The number of carbonyl (C=O) groups is 1. The molecule has 0 unspecified atom stereocenters. The highest BCUT2D eigenvalue weighted by atomic mass is 19.2. The predicted molar refractivity (Wildman–Crippen MR) is 67.2 cm³/mol. The molecule has 0 aliphatic heterocycles. The molecule has 0 aromatic heterocycles. The van der Waals surface area contributed by atoms with Crippen LogP contribution in [0.15, 0.2) is 30.3 Å². The van der Waals surface area contributed by atoms with E-state index in [0.717, 1.165) is 0 Å². The Kier molecular flexibility index (Phi) is 3.65. The summed E-state index contributed by atoms with van der Waals surface area (Å²) in [5.74, 6) is -4.51. The van der Waals surface area contributed by atoms with Crippen molar-refractivity contribution in [1.82, 2.24) is 0 Å². The monoisotopic (exact) mass is 281 g/mol. The van der Waals surface area contributed by atoms with Gasteiger partial charge in [-0.1, -0.05) is 0 Å². The summed E-state index contributed by atoms with van der Waals surface area (Å²) in [5, 5.41) is 0. The van der Waals surface area contributed by atoms with E-state index in [2.05, 4.69) is 0 Å². The molecule has 0 spiro atoms. The van der Waals surface area contributed by atoms with Crippen LogP contribution in [0.5, 0.6) is 5.75 Å². The molecular formula is C14H10F3NO2. The molecule has 0 amide bonds. The van der Waals surface area contributed by atoms with E-state index < -0.39 is 28.8 Å². The number of ether oxygens (including phenoxy) is 1. The van der Waals surface area contributed by atoms with Crippen molar-refractivity contribution in [2.24, 2.45) is 0 Å². The molecular weight excluding hydrogens is 271 g/mol. The van der Waals surface area contributed by atoms with Gasteiger partial charge in [-0.25, -0.2) is 13.2 Å². The molecule has 0 radical (unpaired) electrons. The maximum absolute atomic E-state index is 13.6. The van der Waals surface area contributed by atoms with Crippen LogP contribution < -0.4 is 10.5 Å². The van der Waals surface area contributed by atoms with E-state index in [4.69, 9.17) is 10.5 Å². The summed E-state index contributed by atoms with van der Waals surface area (Å²) in [6.45, 7) is 0. The number of nitrogen functional groups attached to an aromatic ring is 1. The summed E-state index contributed by atoms with van der Waals surface area (Å²) >= 11 is 0. The lowest BCUT2D eigenvalue weighted by atomic mass is 10.0. The van der Waals surface area contributed by atoms with Gasteiger partial charge in [-0.2, -0.15) is 0 Å². The smallest absolute Gasteiger partial charge is 0.199 e. The molecule has 2 aromatic rings. The van der Waals surface area contributed by atoms with E-state index in [1.165, 1.54) is 25.3 Å². The average Bonchev–Trinajstić information content (AvgIpc) is 2.42. The first-order chi connectivity index (χ1) is 9.43. The molecule has 0 aliphatic rings. The van der Waals surface area contributed by atoms with Gasteiger partial charge in [0.15, 0.2) is 17.4 Å². The zero-order valence-corrected chi connectivity index (χ0v) is 10.4. The number of hydrogen-bond donors (Lipinski definition) is 1. The third kappa shape index (κ3) is 2.45. The Labute approximate surface area is 112 Å². The van der Waals surface area contributed by atoms with Crippen molar-refractivity contribution in [1.29, 1.82) is 0 Å². The zero-order valence-electron chi connectivity index (χ0n) is 10.4. The summed E-state index contributed by atoms with van der Waals surface area (Å²) in [6, 6.07) is 5.04. The van der Waals surface area contributed by atoms with Gasteiger partial charge in [0.05, 0.1) is 18.2 Å². The van der Waals surface area contributed by atoms with Crippen molar-refractivity contribution in [3.63, 3.8) is 0 Å². The van der Waals surface area contributed by atoms with Crippen LogP contribution in [0.3, 0.4) is 0 Å². The van der Waals surface area contributed by atoms with Crippen molar-refractivity contribution in [2.75, 3.05) is 12.8 Å². The Morgan fingerprint density at radius 1 is 1.00 bits per heavy atom. The summed E-state index contributed by atoms with van der Waals surface area (Å²) in [5.41, 5.74) is 5.20. The van der Waals surface area contributed by atoms with E-state index in [1.54, 1.807) is 0 Å². The Morgan fingerprint density at radius 2 is 1.65 bits per heavy atom. The number of nitrogens with two attached hydrogens (primary N) is 1. The maximum atomic E-state index is 13.6. The first-order valence-corrected chi connectivity index (χ1v) is 5.56. The van der Waals surface area contributed by atoms with Gasteiger partial charge in [-0.15, -0.1) is 0 Å². The molecule has 6 heteroatoms. The van der Waals surface area contributed by atoms with Gasteiger partial charge in [0, 0.05) is 11.8 Å². The summed E-state index contributed by atoms with van der Waals surface area (Å²) in [6.07, 6.45) is 0. The van der Waals surface area contributed by atoms with Gasteiger partial charge in [0.1, 0.15) is 11.6 Å². The van der Waals surface area contributed by atoms with Gasteiger partial charge in [-0.05, 0) is 24.3 Å². The summed E-state index contributed by atoms with van der Waals surface area (Å²) in [4.78, 5) is 12.2. The molecule has 0 heterocycles. The largest absolute Gasteiger partial charge is 0.496 e. The van der Waals surface area contributed by atoms with E-state index in [0.29, 0.717) is 12.1 Å². The fraction of sp³-hybridized carbons (Fsp3) is 0.0714. The van der Waals surface area contributed by atoms with E-state index in [9.17, 15) is 18.0 Å². The van der Waals surface area contributed by atoms with Crippen LogP contribution in [-0.4, -0.2) is 12.9 Å². The molecule has 20 heavy (non-hydrogen) atoms. The second-order valence-electron chi connectivity index (χ2n) is 4.04. The molecule has 104 valence electrons. The van der Waals surface area contributed by atoms with Crippen LogP contribution in [0.2, 0.25) is 0 Å². The third-order valence-corrected chi connectivity index (χ3v) is 2.72. The predicted octanol–water partition coefficient (Wildman–Crippen LogP) is 2.93. The highest BCUT2D eigenvalue weighted by Crippen LogP contribution is 2.26. The van der Waals surface area contributed by atoms with Crippen molar-refractivity contribution < 1.29 is 22.7 Å². The standard InChI is InChI=1S/C14H10F3NO2/c1-20-13-3-2-7(18)4-9(13)14(19)8-5-11(16)12(17)6-10(8)15/h2-6H,18H2,1H3. The number of anilines is 1. The van der Waals surface area contributed by atoms with Gasteiger partial charge >= 0.3 is 0 Å². The molecule has 0 atom stereocenters. The lowest BCUT2D eigenvalue weighted by molar-refractivity contribution is 0.103. The van der Waals surface area contributed by atoms with E-state index >= 15 is 0 Å². The Hall–Kier alpha value is -2.50. The summed E-state index contributed by atoms with van der Waals surface area (Å²) in [7, 11) is 1.32. The zero-order chi connectivity index (χ0) is 14.9. The number of benzene rings is 2. The number of carbonyl (C=O) groups excluding carboxylic acids is 1. The van der Waals surface area contributed by atoms with Crippen molar-refractivity contribution in [2.45, 2.75) is 0 Å². The average molecular weight is 281 g/mol. The first kappa shape index (κ1) is 13.9. The second-order valence-corrected chi connectivity index (χ2v) is 4.04. The third-order valence-electron chi connectivity index (χ3n) is 2.72. The van der Waals surface area contributed by atoms with Crippen LogP contribution in [0.4, 0.5) is 18.9 Å². The SMILES string of the molecule is COc1ccc(N)cc1C(=O)c1cc(F)c(F)cc1F. The molecule has 0 saturated carbocycles. The van der Waals surface area contributed by atoms with Crippen LogP contribution in [-0.2, 0) is 0 Å². The molecule has 0 fully saturated rings. The van der Waals surface area contributed by atoms with Gasteiger partial charge in [0.25, 0.3) is 0 Å². The van der Waals surface area contributed by atoms with Crippen LogP contribution >= 0.6 is 0 Å². The Bertz CT molecular complexity index is 686. The molecule has 0 saturated heterocycles. The number of ketones is 1. The van der Waals surface area contributed by atoms with Gasteiger partial charge in [0.2, 0.25) is 0 Å². The lowest BCUT2D eigenvalue weighted by Crippen LogP contribution is -2.08. The van der Waals surface area contributed by atoms with Crippen LogP contribution in [0.1, 0.15) is 15.9 Å². The maximum Gasteiger partial charge on any atom is 0.199 e. The lowest BCUT2D eigenvalue weighted by Gasteiger charge is -2.09. The molecule has 2 rings (SSSR count). The van der Waals surface area contributed by atoms with E-state index in [-0.39, 0.29) is 17.0 Å². The minimum atomic E-state index is -1.36. The normalized spacial score (nSPS) is 10.4. The van der Waals surface area contributed by atoms with Gasteiger partial charge < -0.3 is 10.5 Å². The van der Waals surface area contributed by atoms with E-state index in [1.807, 2.05) is 0 Å². The number of methoxy groups -OCH3 is 1. The van der Waals surface area contributed by atoms with Crippen molar-refractivity contribution >= 4 is 11.5 Å². The molecule has 2 N–H and O–H groups in total.